The largest absolute Gasteiger partial charge is 0.454 e. The topological polar surface area (TPSA) is 128 Å². The van der Waals surface area contributed by atoms with Gasteiger partial charge < -0.3 is 9.64 Å². The summed E-state index contributed by atoms with van der Waals surface area (Å²) in [4.78, 5) is 26.9. The van der Waals surface area contributed by atoms with E-state index in [4.69, 9.17) is 15.3 Å². The van der Waals surface area contributed by atoms with Crippen molar-refractivity contribution >= 4 is 21.7 Å². The van der Waals surface area contributed by atoms with Crippen molar-refractivity contribution in [2.45, 2.75) is 62.0 Å². The van der Waals surface area contributed by atoms with Crippen LogP contribution in [0.25, 0.3) is 0 Å². The summed E-state index contributed by atoms with van der Waals surface area (Å²) in [5.41, 5.74) is 1.33. The van der Waals surface area contributed by atoms with Crippen LogP contribution in [0, 0.1) is 36.5 Å². The van der Waals surface area contributed by atoms with Gasteiger partial charge in [0.2, 0.25) is 0 Å². The highest BCUT2D eigenvalue weighted by Crippen LogP contribution is 2.42. The molecular formula is C22H27N3O5S. The van der Waals surface area contributed by atoms with Gasteiger partial charge in [0.1, 0.15) is 0 Å². The lowest BCUT2D eigenvalue weighted by molar-refractivity contribution is -0.154. The molecule has 31 heavy (non-hydrogen) atoms. The van der Waals surface area contributed by atoms with Crippen molar-refractivity contribution < 1.29 is 22.7 Å². The average Bonchev–Trinajstić information content (AvgIpc) is 3.25. The van der Waals surface area contributed by atoms with Crippen LogP contribution in [-0.2, 0) is 24.2 Å². The molecule has 1 aliphatic carbocycles. The summed E-state index contributed by atoms with van der Waals surface area (Å²) < 4.78 is 30.7. The average molecular weight is 446 g/mol. The maximum atomic E-state index is 13.6. The Hall–Kier alpha value is -2.91. The lowest BCUT2D eigenvalue weighted by atomic mass is 10.1. The molecule has 2 rings (SSSR count). The summed E-state index contributed by atoms with van der Waals surface area (Å²) >= 11 is 0. The van der Waals surface area contributed by atoms with Gasteiger partial charge in [0, 0.05) is 13.1 Å². The van der Waals surface area contributed by atoms with Crippen molar-refractivity contribution in [1.29, 1.82) is 10.5 Å². The van der Waals surface area contributed by atoms with Crippen LogP contribution in [0.4, 0.5) is 0 Å². The number of carbonyl (C=O) groups excluding carboxylic acids is 2. The van der Waals surface area contributed by atoms with Crippen molar-refractivity contribution in [3.05, 3.63) is 29.3 Å². The lowest BCUT2D eigenvalue weighted by Gasteiger charge is -2.28. The minimum Gasteiger partial charge on any atom is -0.454 e. The number of esters is 1. The SMILES string of the molecule is Cc1ccc(C)c(S(=O)(=O)C2(C(=O)OCC(=O)N(CCC#N)CCC#N)CCCC2)c1. The molecule has 1 fully saturated rings. The standard InChI is InChI=1S/C22H27N3O5S/c1-17-7-8-18(2)19(15-17)31(28,29)22(9-3-4-10-22)21(27)30-16-20(26)25(13-5-11-23)14-6-12-24/h7-8,15H,3-6,9-10,13-14,16H2,1-2H3. The van der Waals surface area contributed by atoms with Crippen LogP contribution in [0.2, 0.25) is 0 Å². The van der Waals surface area contributed by atoms with E-state index in [9.17, 15) is 18.0 Å². The molecule has 8 nitrogen and oxygen atoms in total. The molecule has 9 heteroatoms. The van der Waals surface area contributed by atoms with Crippen LogP contribution in [0.1, 0.15) is 49.7 Å². The minimum atomic E-state index is -4.03. The molecule has 0 unspecified atom stereocenters. The quantitative estimate of drug-likeness (QED) is 0.534. The van der Waals surface area contributed by atoms with Gasteiger partial charge in [-0.1, -0.05) is 25.0 Å². The van der Waals surface area contributed by atoms with Gasteiger partial charge in [-0.15, -0.1) is 0 Å². The maximum absolute atomic E-state index is 13.6. The number of amides is 1. The summed E-state index contributed by atoms with van der Waals surface area (Å²) in [5.74, 6) is -1.48. The smallest absolute Gasteiger partial charge is 0.328 e. The van der Waals surface area contributed by atoms with Gasteiger partial charge in [-0.25, -0.2) is 8.42 Å². The number of nitriles is 2. The Morgan fingerprint density at radius 1 is 1.10 bits per heavy atom. The van der Waals surface area contributed by atoms with E-state index in [1.54, 1.807) is 26.0 Å². The highest BCUT2D eigenvalue weighted by molar-refractivity contribution is 7.93. The lowest BCUT2D eigenvalue weighted by Crippen LogP contribution is -2.47. The second-order valence-corrected chi connectivity index (χ2v) is 9.98. The Balaban J connectivity index is 2.24. The van der Waals surface area contributed by atoms with Crippen molar-refractivity contribution in [3.63, 3.8) is 0 Å². The molecule has 0 heterocycles. The second-order valence-electron chi connectivity index (χ2n) is 7.75. The summed E-state index contributed by atoms with van der Waals surface area (Å²) in [7, 11) is -4.03. The number of hydrogen-bond acceptors (Lipinski definition) is 7. The van der Waals surface area contributed by atoms with Gasteiger partial charge >= 0.3 is 5.97 Å². The van der Waals surface area contributed by atoms with Gasteiger partial charge in [-0.2, -0.15) is 10.5 Å². The van der Waals surface area contributed by atoms with Crippen molar-refractivity contribution in [2.24, 2.45) is 0 Å². The molecule has 1 amide bonds. The van der Waals surface area contributed by atoms with E-state index in [0.717, 1.165) is 5.56 Å². The van der Waals surface area contributed by atoms with E-state index in [0.29, 0.717) is 18.4 Å². The first kappa shape index (κ1) is 24.4. The molecule has 0 atom stereocenters. The molecule has 0 N–H and O–H groups in total. The van der Waals surface area contributed by atoms with Crippen molar-refractivity contribution in [1.82, 2.24) is 4.90 Å². The Labute approximate surface area is 183 Å². The van der Waals surface area contributed by atoms with Crippen LogP contribution in [-0.4, -0.2) is 49.6 Å². The van der Waals surface area contributed by atoms with Crippen LogP contribution in [0.5, 0.6) is 0 Å². The Bertz CT molecular complexity index is 997. The summed E-state index contributed by atoms with van der Waals surface area (Å²) in [6.45, 7) is 3.07. The fraction of sp³-hybridized carbons (Fsp3) is 0.545. The molecular weight excluding hydrogens is 418 g/mol. The fourth-order valence-corrected chi connectivity index (χ4v) is 6.18. The summed E-state index contributed by atoms with van der Waals surface area (Å²) in [6.07, 6.45) is 1.59. The van der Waals surface area contributed by atoms with Gasteiger partial charge in [0.05, 0.1) is 29.9 Å². The van der Waals surface area contributed by atoms with E-state index in [1.165, 1.54) is 4.90 Å². The molecule has 0 radical (unpaired) electrons. The number of nitrogens with zero attached hydrogens (tertiary/aromatic N) is 3. The maximum Gasteiger partial charge on any atom is 0.328 e. The van der Waals surface area contributed by atoms with Gasteiger partial charge in [0.25, 0.3) is 5.91 Å². The first-order valence-corrected chi connectivity index (χ1v) is 11.7. The van der Waals surface area contributed by atoms with E-state index in [1.807, 2.05) is 18.2 Å². The van der Waals surface area contributed by atoms with Crippen molar-refractivity contribution in [3.8, 4) is 12.1 Å². The number of rotatable bonds is 9. The molecule has 1 saturated carbocycles. The van der Waals surface area contributed by atoms with Crippen LogP contribution in [0.15, 0.2) is 23.1 Å². The molecule has 1 aliphatic rings. The second kappa shape index (κ2) is 10.4. The molecule has 0 bridgehead atoms. The summed E-state index contributed by atoms with van der Waals surface area (Å²) in [5, 5.41) is 17.5. The monoisotopic (exact) mass is 445 g/mol. The summed E-state index contributed by atoms with van der Waals surface area (Å²) in [6, 6.07) is 8.94. The van der Waals surface area contributed by atoms with Gasteiger partial charge in [-0.3, -0.25) is 9.59 Å². The first-order valence-electron chi connectivity index (χ1n) is 10.2. The van der Waals surface area contributed by atoms with Crippen LogP contribution >= 0.6 is 0 Å². The Morgan fingerprint density at radius 3 is 2.23 bits per heavy atom. The first-order chi connectivity index (χ1) is 14.7. The van der Waals surface area contributed by atoms with Gasteiger partial charge in [0.15, 0.2) is 21.2 Å². The zero-order chi connectivity index (χ0) is 23.1. The number of hydrogen-bond donors (Lipinski definition) is 0. The number of ether oxygens (including phenoxy) is 1. The molecule has 0 spiro atoms. The molecule has 0 saturated heterocycles. The predicted molar refractivity (Wildman–Crippen MR) is 112 cm³/mol. The van der Waals surface area contributed by atoms with E-state index in [-0.39, 0.29) is 43.7 Å². The number of aryl methyl sites for hydroxylation is 2. The van der Waals surface area contributed by atoms with Crippen LogP contribution in [0.3, 0.4) is 0 Å². The van der Waals surface area contributed by atoms with Crippen LogP contribution < -0.4 is 0 Å². The molecule has 1 aromatic carbocycles. The number of benzene rings is 1. The van der Waals surface area contributed by atoms with Gasteiger partial charge in [-0.05, 0) is 43.9 Å². The molecule has 0 aromatic heterocycles. The Morgan fingerprint density at radius 2 is 1.68 bits per heavy atom. The highest BCUT2D eigenvalue weighted by atomic mass is 32.2. The van der Waals surface area contributed by atoms with E-state index >= 15 is 0 Å². The van der Waals surface area contributed by atoms with E-state index in [2.05, 4.69) is 0 Å². The third kappa shape index (κ3) is 5.23. The molecule has 1 aromatic rings. The number of carbonyl (C=O) groups is 2. The minimum absolute atomic E-state index is 0.0794. The Kier molecular flexibility index (Phi) is 8.18. The fourth-order valence-electron chi connectivity index (χ4n) is 3.82. The van der Waals surface area contributed by atoms with E-state index < -0.39 is 33.1 Å². The third-order valence-corrected chi connectivity index (χ3v) is 8.22. The zero-order valence-corrected chi connectivity index (χ0v) is 18.7. The third-order valence-electron chi connectivity index (χ3n) is 5.60. The normalized spacial score (nSPS) is 15.0. The number of sulfone groups is 1. The molecule has 0 aliphatic heterocycles. The van der Waals surface area contributed by atoms with Crippen molar-refractivity contribution in [2.75, 3.05) is 19.7 Å². The zero-order valence-electron chi connectivity index (χ0n) is 17.9. The predicted octanol–water partition coefficient (Wildman–Crippen LogP) is 2.59. The molecule has 166 valence electrons. The highest BCUT2D eigenvalue weighted by Gasteiger charge is 2.54.